The van der Waals surface area contributed by atoms with Crippen LogP contribution in [0.5, 0.6) is 0 Å². The van der Waals surface area contributed by atoms with Gasteiger partial charge in [0.05, 0.1) is 5.41 Å². The van der Waals surface area contributed by atoms with E-state index in [-0.39, 0.29) is 17.3 Å². The molecule has 0 radical (unpaired) electrons. The zero-order valence-electron chi connectivity index (χ0n) is 27.6. The molecule has 0 bridgehead atoms. The molecule has 0 aliphatic heterocycles. The van der Waals surface area contributed by atoms with Crippen molar-refractivity contribution in [2.75, 3.05) is 7.11 Å². The molecule has 2 aromatic rings. The van der Waals surface area contributed by atoms with Crippen molar-refractivity contribution < 1.29 is 19.5 Å². The Morgan fingerprint density at radius 3 is 1.32 bits per heavy atom. The summed E-state index contributed by atoms with van der Waals surface area (Å²) in [4.78, 5) is 32.5. The third-order valence-corrected chi connectivity index (χ3v) is 6.57. The Kier molecular flexibility index (Phi) is 24.7. The molecule has 3 rings (SSSR count). The van der Waals surface area contributed by atoms with E-state index in [2.05, 4.69) is 44.7 Å². The van der Waals surface area contributed by atoms with E-state index in [9.17, 15) is 14.4 Å². The van der Waals surface area contributed by atoms with Gasteiger partial charge >= 0.3 is 0 Å². The molecule has 1 aliphatic rings. The molecule has 4 heteroatoms. The summed E-state index contributed by atoms with van der Waals surface area (Å²) in [6.45, 7) is 22.4. The molecule has 1 aliphatic carbocycles. The van der Waals surface area contributed by atoms with Crippen molar-refractivity contribution in [2.45, 2.75) is 102 Å². The first-order valence-corrected chi connectivity index (χ1v) is 14.6. The van der Waals surface area contributed by atoms with Crippen LogP contribution in [0.25, 0.3) is 0 Å². The number of aliphatic hydroxyl groups is 1. The Labute approximate surface area is 246 Å². The van der Waals surface area contributed by atoms with Gasteiger partial charge in [-0.1, -0.05) is 91.0 Å². The van der Waals surface area contributed by atoms with Gasteiger partial charge in [0.15, 0.2) is 5.78 Å². The fourth-order valence-corrected chi connectivity index (χ4v) is 2.97. The minimum Gasteiger partial charge on any atom is -0.400 e. The van der Waals surface area contributed by atoms with E-state index in [0.29, 0.717) is 0 Å². The fraction of sp³-hybridized carbons (Fsp3) is 0.528. The van der Waals surface area contributed by atoms with Crippen molar-refractivity contribution in [3.05, 3.63) is 70.8 Å². The van der Waals surface area contributed by atoms with Crippen LogP contribution in [-0.4, -0.2) is 29.6 Å². The number of benzene rings is 2. The fourth-order valence-electron chi connectivity index (χ4n) is 2.97. The topological polar surface area (TPSA) is 71.4 Å². The van der Waals surface area contributed by atoms with Crippen molar-refractivity contribution in [2.24, 2.45) is 17.3 Å². The molecular weight excluding hydrogens is 496 g/mol. The van der Waals surface area contributed by atoms with Crippen molar-refractivity contribution >= 4 is 17.3 Å². The molecule has 1 fully saturated rings. The molecule has 0 heterocycles. The lowest BCUT2D eigenvalue weighted by atomic mass is 9.85. The summed E-state index contributed by atoms with van der Waals surface area (Å²) in [6, 6.07) is 15.7. The van der Waals surface area contributed by atoms with Crippen LogP contribution in [-0.2, 0) is 16.0 Å². The van der Waals surface area contributed by atoms with E-state index >= 15 is 0 Å². The molecule has 2 aromatic carbocycles. The highest BCUT2D eigenvalue weighted by molar-refractivity contribution is 6.04. The Morgan fingerprint density at radius 2 is 1.12 bits per heavy atom. The quantitative estimate of drug-likeness (QED) is 0.229. The summed E-state index contributed by atoms with van der Waals surface area (Å²) in [7, 11) is 1.00. The highest BCUT2D eigenvalue weighted by Crippen LogP contribution is 2.39. The summed E-state index contributed by atoms with van der Waals surface area (Å²) in [5, 5.41) is 7.00. The van der Waals surface area contributed by atoms with Gasteiger partial charge in [-0.15, -0.1) is 0 Å². The first kappa shape index (κ1) is 41.5. The predicted molar refractivity (Wildman–Crippen MR) is 172 cm³/mol. The molecule has 1 saturated carbocycles. The highest BCUT2D eigenvalue weighted by atomic mass is 16.2. The van der Waals surface area contributed by atoms with Gasteiger partial charge in [-0.25, -0.2) is 0 Å². The second-order valence-electron chi connectivity index (χ2n) is 9.55. The number of hydrogen-bond donors (Lipinski definition) is 1. The molecule has 224 valence electrons. The van der Waals surface area contributed by atoms with Crippen molar-refractivity contribution in [3.63, 3.8) is 0 Å². The standard InChI is InChI=1S/C18H16O.C7H12O2.C6H12.2C2H6.CH4O/c1-3-15-4-6-16(7-5-15)8-9-17-10-12-18(13-11-17)14(2)19;1-5(8)7(3,4)6(2)9;1-3-6-4-5(6)2;3*1-2/h4-7,10-13H,3H2,1-2H3;1-4H3;5-6H,3-4H2,1-2H3;2*1-2H3;2H,1H3. The minimum atomic E-state index is -0.778. The van der Waals surface area contributed by atoms with Crippen LogP contribution in [0.1, 0.15) is 123 Å². The lowest BCUT2D eigenvalue weighted by molar-refractivity contribution is -0.136. The molecule has 0 saturated heterocycles. The summed E-state index contributed by atoms with van der Waals surface area (Å²) in [5.74, 6) is 8.33. The maximum absolute atomic E-state index is 11.2. The Bertz CT molecular complexity index is 1000. The van der Waals surface area contributed by atoms with Gasteiger partial charge in [0.1, 0.15) is 11.6 Å². The lowest BCUT2D eigenvalue weighted by Gasteiger charge is -2.15. The number of carbonyl (C=O) groups is 3. The third-order valence-electron chi connectivity index (χ3n) is 6.57. The Hall–Kier alpha value is -3.03. The number of aliphatic hydroxyl groups excluding tert-OH is 1. The van der Waals surface area contributed by atoms with E-state index in [4.69, 9.17) is 5.11 Å². The van der Waals surface area contributed by atoms with Gasteiger partial charge in [-0.05, 0) is 89.1 Å². The SMILES string of the molecule is CC.CC.CC(=O)C(C)(C)C(C)=O.CCC1CC1C.CCc1ccc(C#Cc2ccc(C(C)=O)cc2)cc1.CO. The predicted octanol–water partition coefficient (Wildman–Crippen LogP) is 8.76. The van der Waals surface area contributed by atoms with Crippen molar-refractivity contribution in [1.82, 2.24) is 0 Å². The smallest absolute Gasteiger partial charge is 0.159 e. The molecule has 0 amide bonds. The van der Waals surface area contributed by atoms with Crippen LogP contribution < -0.4 is 0 Å². The summed E-state index contributed by atoms with van der Waals surface area (Å²) < 4.78 is 0. The number of Topliss-reactive ketones (excluding diaryl/α,β-unsaturated/α-hetero) is 3. The number of carbonyl (C=O) groups excluding carboxylic acids is 3. The Balaban J connectivity index is -0.000000542. The first-order chi connectivity index (χ1) is 18.9. The molecular formula is C36H56O4. The van der Waals surface area contributed by atoms with E-state index in [1.165, 1.54) is 32.3 Å². The zero-order valence-corrected chi connectivity index (χ0v) is 27.6. The average molecular weight is 553 g/mol. The van der Waals surface area contributed by atoms with Gasteiger partial charge in [-0.3, -0.25) is 14.4 Å². The van der Waals surface area contributed by atoms with Gasteiger partial charge in [0, 0.05) is 23.8 Å². The van der Waals surface area contributed by atoms with E-state index in [0.717, 1.165) is 42.1 Å². The Morgan fingerprint density at radius 1 is 0.775 bits per heavy atom. The molecule has 2 unspecified atom stereocenters. The van der Waals surface area contributed by atoms with E-state index in [1.807, 2.05) is 64.1 Å². The molecule has 2 atom stereocenters. The average Bonchev–Trinajstić information content (AvgIpc) is 3.71. The highest BCUT2D eigenvalue weighted by Gasteiger charge is 2.29. The summed E-state index contributed by atoms with van der Waals surface area (Å²) >= 11 is 0. The van der Waals surface area contributed by atoms with Crippen molar-refractivity contribution in [3.8, 4) is 11.8 Å². The van der Waals surface area contributed by atoms with Crippen LogP contribution in [0, 0.1) is 29.1 Å². The molecule has 0 aromatic heterocycles. The number of aryl methyl sites for hydroxylation is 1. The monoisotopic (exact) mass is 552 g/mol. The third kappa shape index (κ3) is 17.5. The van der Waals surface area contributed by atoms with Crippen LogP contribution in [0.3, 0.4) is 0 Å². The summed E-state index contributed by atoms with van der Waals surface area (Å²) in [5.41, 5.74) is 3.19. The molecule has 40 heavy (non-hydrogen) atoms. The van der Waals surface area contributed by atoms with Crippen LogP contribution >= 0.6 is 0 Å². The number of ketones is 3. The summed E-state index contributed by atoms with van der Waals surface area (Å²) in [6.07, 6.45) is 3.94. The van der Waals surface area contributed by atoms with Gasteiger partial charge < -0.3 is 5.11 Å². The lowest BCUT2D eigenvalue weighted by Crippen LogP contribution is -2.29. The van der Waals surface area contributed by atoms with Crippen molar-refractivity contribution in [1.29, 1.82) is 0 Å². The van der Waals surface area contributed by atoms with Crippen LogP contribution in [0.4, 0.5) is 0 Å². The normalized spacial score (nSPS) is 13.9. The van der Waals surface area contributed by atoms with Crippen LogP contribution in [0.2, 0.25) is 0 Å². The zero-order chi connectivity index (χ0) is 31.9. The van der Waals surface area contributed by atoms with E-state index < -0.39 is 5.41 Å². The first-order valence-electron chi connectivity index (χ1n) is 14.6. The molecule has 0 spiro atoms. The van der Waals surface area contributed by atoms with Gasteiger partial charge in [0.2, 0.25) is 0 Å². The largest absolute Gasteiger partial charge is 0.400 e. The number of hydrogen-bond acceptors (Lipinski definition) is 4. The second-order valence-corrected chi connectivity index (χ2v) is 9.55. The maximum Gasteiger partial charge on any atom is 0.159 e. The van der Waals surface area contributed by atoms with E-state index in [1.54, 1.807) is 20.8 Å². The number of rotatable bonds is 5. The van der Waals surface area contributed by atoms with Crippen LogP contribution in [0.15, 0.2) is 48.5 Å². The molecule has 4 nitrogen and oxygen atoms in total. The minimum absolute atomic E-state index is 0.0741. The van der Waals surface area contributed by atoms with Gasteiger partial charge in [-0.2, -0.15) is 0 Å². The second kappa shape index (κ2) is 23.8. The maximum atomic E-state index is 11.2. The van der Waals surface area contributed by atoms with Gasteiger partial charge in [0.25, 0.3) is 0 Å². The molecule has 1 N–H and O–H groups in total.